The quantitative estimate of drug-likeness (QED) is 0.355. The van der Waals surface area contributed by atoms with Gasteiger partial charge in [-0.15, -0.1) is 11.3 Å². The molecule has 2 heterocycles. The molecule has 1 aliphatic heterocycles. The Labute approximate surface area is 232 Å². The second-order valence-corrected chi connectivity index (χ2v) is 9.85. The van der Waals surface area contributed by atoms with Crippen LogP contribution in [-0.2, 0) is 27.3 Å². The van der Waals surface area contributed by atoms with Gasteiger partial charge in [-0.25, -0.2) is 4.98 Å². The minimum Gasteiger partial charge on any atom is -0.454 e. The van der Waals surface area contributed by atoms with Gasteiger partial charge in [0, 0.05) is 31.1 Å². The van der Waals surface area contributed by atoms with Crippen molar-refractivity contribution in [3.8, 4) is 11.5 Å². The standard InChI is InChI=1S/C25H24Cl2N4O6S/c1-35-7-6-31(24(34)16-3-4-18(26)19(27)9-16)12-23(33)30-25-29-17(13-38-25)10-22(32)28-11-15-2-5-20-21(8-15)37-14-36-20/h2-5,8-9,13H,6-7,10-12,14H2,1H3,(H,28,32)(H,29,30,33). The van der Waals surface area contributed by atoms with Crippen LogP contribution in [0.15, 0.2) is 41.8 Å². The average molecular weight is 579 g/mol. The van der Waals surface area contributed by atoms with Crippen molar-refractivity contribution in [2.75, 3.05) is 38.9 Å². The van der Waals surface area contributed by atoms with E-state index in [4.69, 9.17) is 37.4 Å². The van der Waals surface area contributed by atoms with Gasteiger partial charge in [0.15, 0.2) is 16.6 Å². The van der Waals surface area contributed by atoms with E-state index in [1.54, 1.807) is 17.5 Å². The van der Waals surface area contributed by atoms with E-state index in [-0.39, 0.29) is 43.8 Å². The van der Waals surface area contributed by atoms with Gasteiger partial charge < -0.3 is 29.7 Å². The van der Waals surface area contributed by atoms with Gasteiger partial charge in [-0.1, -0.05) is 29.3 Å². The Hall–Kier alpha value is -3.38. The molecule has 0 aliphatic carbocycles. The molecule has 200 valence electrons. The number of benzene rings is 2. The molecule has 0 fully saturated rings. The van der Waals surface area contributed by atoms with Crippen LogP contribution in [0, 0.1) is 0 Å². The molecule has 3 amide bonds. The highest BCUT2D eigenvalue weighted by molar-refractivity contribution is 7.13. The summed E-state index contributed by atoms with van der Waals surface area (Å²) in [6.45, 7) is 0.714. The van der Waals surface area contributed by atoms with Crippen molar-refractivity contribution in [3.63, 3.8) is 0 Å². The molecule has 1 aliphatic rings. The first kappa shape index (κ1) is 27.6. The molecular weight excluding hydrogens is 555 g/mol. The van der Waals surface area contributed by atoms with Gasteiger partial charge in [-0.05, 0) is 35.9 Å². The molecule has 10 nitrogen and oxygen atoms in total. The maximum atomic E-state index is 13.0. The highest BCUT2D eigenvalue weighted by atomic mass is 35.5. The van der Waals surface area contributed by atoms with Crippen molar-refractivity contribution in [1.82, 2.24) is 15.2 Å². The van der Waals surface area contributed by atoms with Gasteiger partial charge in [0.05, 0.1) is 28.8 Å². The molecule has 0 saturated carbocycles. The first-order valence-electron chi connectivity index (χ1n) is 11.4. The summed E-state index contributed by atoms with van der Waals surface area (Å²) >= 11 is 13.2. The molecule has 2 aromatic carbocycles. The number of nitrogens with one attached hydrogen (secondary N) is 2. The van der Waals surface area contributed by atoms with Crippen LogP contribution in [0.3, 0.4) is 0 Å². The maximum Gasteiger partial charge on any atom is 0.254 e. The summed E-state index contributed by atoms with van der Waals surface area (Å²) in [5, 5.41) is 8.10. The average Bonchev–Trinajstić information content (AvgIpc) is 3.55. The summed E-state index contributed by atoms with van der Waals surface area (Å²) in [5.41, 5.74) is 1.69. The van der Waals surface area contributed by atoms with E-state index in [0.717, 1.165) is 5.56 Å². The van der Waals surface area contributed by atoms with Crippen LogP contribution in [0.5, 0.6) is 11.5 Å². The van der Waals surface area contributed by atoms with E-state index in [9.17, 15) is 14.4 Å². The number of amides is 3. The molecule has 3 aromatic rings. The molecule has 4 rings (SSSR count). The van der Waals surface area contributed by atoms with Crippen molar-refractivity contribution in [1.29, 1.82) is 0 Å². The maximum absolute atomic E-state index is 13.0. The normalized spacial score (nSPS) is 11.8. The Morgan fingerprint density at radius 2 is 1.89 bits per heavy atom. The van der Waals surface area contributed by atoms with Gasteiger partial charge in [0.2, 0.25) is 18.6 Å². The third kappa shape index (κ3) is 7.35. The number of anilines is 1. The van der Waals surface area contributed by atoms with Crippen LogP contribution in [0.2, 0.25) is 10.0 Å². The predicted octanol–water partition coefficient (Wildman–Crippen LogP) is 3.76. The Morgan fingerprint density at radius 1 is 1.08 bits per heavy atom. The van der Waals surface area contributed by atoms with Crippen molar-refractivity contribution in [2.24, 2.45) is 0 Å². The highest BCUT2D eigenvalue weighted by Crippen LogP contribution is 2.32. The summed E-state index contributed by atoms with van der Waals surface area (Å²) in [4.78, 5) is 43.7. The lowest BCUT2D eigenvalue weighted by atomic mass is 10.2. The minimum absolute atomic E-state index is 0.0483. The summed E-state index contributed by atoms with van der Waals surface area (Å²) in [6.07, 6.45) is 0.0483. The van der Waals surface area contributed by atoms with Crippen molar-refractivity contribution in [3.05, 3.63) is 68.6 Å². The van der Waals surface area contributed by atoms with Gasteiger partial charge in [-0.3, -0.25) is 14.4 Å². The smallest absolute Gasteiger partial charge is 0.254 e. The van der Waals surface area contributed by atoms with E-state index in [1.165, 1.54) is 35.5 Å². The number of fused-ring (bicyclic) bond motifs is 1. The number of aromatic nitrogens is 1. The number of carbonyl (C=O) groups is 3. The summed E-state index contributed by atoms with van der Waals surface area (Å²) < 4.78 is 15.7. The molecular formula is C25H24Cl2N4O6S. The summed E-state index contributed by atoms with van der Waals surface area (Å²) in [7, 11) is 1.50. The van der Waals surface area contributed by atoms with E-state index in [0.29, 0.717) is 39.5 Å². The molecule has 0 spiro atoms. The number of hydrogen-bond acceptors (Lipinski definition) is 8. The molecule has 1 aromatic heterocycles. The number of rotatable bonds is 11. The van der Waals surface area contributed by atoms with Crippen LogP contribution in [0.4, 0.5) is 5.13 Å². The van der Waals surface area contributed by atoms with E-state index in [2.05, 4.69) is 15.6 Å². The number of halogens is 2. The Bertz CT molecular complexity index is 1330. The first-order chi connectivity index (χ1) is 18.3. The number of nitrogens with zero attached hydrogens (tertiary/aromatic N) is 2. The fraction of sp³-hybridized carbons (Fsp3) is 0.280. The monoisotopic (exact) mass is 578 g/mol. The zero-order valence-electron chi connectivity index (χ0n) is 20.3. The minimum atomic E-state index is -0.442. The topological polar surface area (TPSA) is 119 Å². The fourth-order valence-electron chi connectivity index (χ4n) is 3.52. The largest absolute Gasteiger partial charge is 0.454 e. The molecule has 38 heavy (non-hydrogen) atoms. The SMILES string of the molecule is COCCN(CC(=O)Nc1nc(CC(=O)NCc2ccc3c(c2)OCO3)cs1)C(=O)c1ccc(Cl)c(Cl)c1. The van der Waals surface area contributed by atoms with Gasteiger partial charge in [0.25, 0.3) is 5.91 Å². The summed E-state index contributed by atoms with van der Waals surface area (Å²) in [5.74, 6) is 0.273. The van der Waals surface area contributed by atoms with E-state index < -0.39 is 11.8 Å². The lowest BCUT2D eigenvalue weighted by molar-refractivity contribution is -0.120. The molecule has 0 bridgehead atoms. The number of carbonyl (C=O) groups excluding carboxylic acids is 3. The van der Waals surface area contributed by atoms with Gasteiger partial charge in [-0.2, -0.15) is 0 Å². The zero-order chi connectivity index (χ0) is 27.1. The fourth-order valence-corrected chi connectivity index (χ4v) is 4.55. The molecule has 0 unspecified atom stereocenters. The van der Waals surface area contributed by atoms with Gasteiger partial charge in [0.1, 0.15) is 6.54 Å². The van der Waals surface area contributed by atoms with Crippen LogP contribution in [0.1, 0.15) is 21.6 Å². The van der Waals surface area contributed by atoms with Crippen LogP contribution < -0.4 is 20.1 Å². The Kier molecular flexibility index (Phi) is 9.40. The molecule has 2 N–H and O–H groups in total. The second-order valence-electron chi connectivity index (χ2n) is 8.18. The number of methoxy groups -OCH3 is 1. The number of ether oxygens (including phenoxy) is 3. The molecule has 0 radical (unpaired) electrons. The van der Waals surface area contributed by atoms with Crippen LogP contribution in [0.25, 0.3) is 0 Å². The van der Waals surface area contributed by atoms with Crippen molar-refractivity contribution >= 4 is 57.4 Å². The Morgan fingerprint density at radius 3 is 2.68 bits per heavy atom. The zero-order valence-corrected chi connectivity index (χ0v) is 22.6. The van der Waals surface area contributed by atoms with Gasteiger partial charge >= 0.3 is 0 Å². The molecule has 0 saturated heterocycles. The van der Waals surface area contributed by atoms with Crippen LogP contribution >= 0.6 is 34.5 Å². The lowest BCUT2D eigenvalue weighted by Crippen LogP contribution is -2.40. The molecule has 13 heteroatoms. The third-order valence-corrected chi connectivity index (χ3v) is 6.97. The van der Waals surface area contributed by atoms with Crippen LogP contribution in [-0.4, -0.2) is 61.2 Å². The highest BCUT2D eigenvalue weighted by Gasteiger charge is 2.21. The summed E-state index contributed by atoms with van der Waals surface area (Å²) in [6, 6.07) is 9.99. The second kappa shape index (κ2) is 12.9. The predicted molar refractivity (Wildman–Crippen MR) is 143 cm³/mol. The lowest BCUT2D eigenvalue weighted by Gasteiger charge is -2.22. The first-order valence-corrected chi connectivity index (χ1v) is 13.1. The van der Waals surface area contributed by atoms with Crippen molar-refractivity contribution in [2.45, 2.75) is 13.0 Å². The number of thiazole rings is 1. The van der Waals surface area contributed by atoms with E-state index >= 15 is 0 Å². The Balaban J connectivity index is 1.29. The van der Waals surface area contributed by atoms with Crippen molar-refractivity contribution < 1.29 is 28.6 Å². The third-order valence-electron chi connectivity index (χ3n) is 5.42. The van der Waals surface area contributed by atoms with E-state index in [1.807, 2.05) is 12.1 Å². The molecule has 0 atom stereocenters. The number of hydrogen-bond donors (Lipinski definition) is 2.